The predicted octanol–water partition coefficient (Wildman–Crippen LogP) is 0.639. The van der Waals surface area contributed by atoms with Crippen molar-refractivity contribution in [3.05, 3.63) is 12.2 Å². The summed E-state index contributed by atoms with van der Waals surface area (Å²) >= 11 is 0. The zero-order chi connectivity index (χ0) is 10.6. The molecule has 0 unspecified atom stereocenters. The van der Waals surface area contributed by atoms with Crippen molar-refractivity contribution in [1.29, 1.82) is 0 Å². The van der Waals surface area contributed by atoms with Crippen LogP contribution >= 0.6 is 0 Å². The van der Waals surface area contributed by atoms with E-state index in [1.165, 1.54) is 6.33 Å². The van der Waals surface area contributed by atoms with Crippen molar-refractivity contribution < 1.29 is 9.90 Å². The molecule has 0 aliphatic carbocycles. The third kappa shape index (κ3) is 3.04. The van der Waals surface area contributed by atoms with E-state index >= 15 is 0 Å². The lowest BCUT2D eigenvalue weighted by molar-refractivity contribution is 0.185. The minimum Gasteiger partial charge on any atom is -0.465 e. The largest absolute Gasteiger partial charge is 0.465 e. The van der Waals surface area contributed by atoms with E-state index in [4.69, 9.17) is 5.11 Å². The van der Waals surface area contributed by atoms with E-state index in [-0.39, 0.29) is 12.0 Å². The first-order valence-corrected chi connectivity index (χ1v) is 4.43. The van der Waals surface area contributed by atoms with Gasteiger partial charge in [-0.2, -0.15) is 5.10 Å². The van der Waals surface area contributed by atoms with Gasteiger partial charge in [-0.15, -0.1) is 0 Å². The SMILES string of the molecule is CC(C)[C@@H](Cc1ncn[nH]1)NC(=O)O. The highest BCUT2D eigenvalue weighted by Gasteiger charge is 2.17. The van der Waals surface area contributed by atoms with Crippen molar-refractivity contribution in [3.63, 3.8) is 0 Å². The van der Waals surface area contributed by atoms with E-state index in [2.05, 4.69) is 20.5 Å². The quantitative estimate of drug-likeness (QED) is 0.662. The number of hydrogen-bond acceptors (Lipinski definition) is 3. The molecule has 0 spiro atoms. The molecule has 1 aromatic rings. The normalized spacial score (nSPS) is 12.8. The molecule has 14 heavy (non-hydrogen) atoms. The van der Waals surface area contributed by atoms with Gasteiger partial charge in [-0.1, -0.05) is 13.8 Å². The van der Waals surface area contributed by atoms with Gasteiger partial charge >= 0.3 is 6.09 Å². The number of amides is 1. The Bertz CT molecular complexity index is 284. The molecule has 1 aromatic heterocycles. The van der Waals surface area contributed by atoms with Gasteiger partial charge in [0, 0.05) is 12.5 Å². The van der Waals surface area contributed by atoms with Crippen molar-refractivity contribution in [3.8, 4) is 0 Å². The molecule has 0 aliphatic rings. The second-order valence-electron chi connectivity index (χ2n) is 3.44. The lowest BCUT2D eigenvalue weighted by Crippen LogP contribution is -2.39. The molecule has 0 saturated carbocycles. The minimum absolute atomic E-state index is 0.138. The number of aromatic amines is 1. The molecule has 0 saturated heterocycles. The third-order valence-corrected chi connectivity index (χ3v) is 1.99. The van der Waals surface area contributed by atoms with E-state index < -0.39 is 6.09 Å². The Morgan fingerprint density at radius 2 is 2.43 bits per heavy atom. The van der Waals surface area contributed by atoms with Gasteiger partial charge in [-0.25, -0.2) is 9.78 Å². The van der Waals surface area contributed by atoms with Crippen molar-refractivity contribution in [2.45, 2.75) is 26.3 Å². The van der Waals surface area contributed by atoms with Gasteiger partial charge in [0.05, 0.1) is 0 Å². The molecule has 78 valence electrons. The lowest BCUT2D eigenvalue weighted by atomic mass is 10.0. The second-order valence-corrected chi connectivity index (χ2v) is 3.44. The van der Waals surface area contributed by atoms with Crippen LogP contribution in [-0.2, 0) is 6.42 Å². The van der Waals surface area contributed by atoms with Gasteiger partial charge in [-0.3, -0.25) is 5.10 Å². The molecule has 1 heterocycles. The van der Waals surface area contributed by atoms with Crippen LogP contribution in [0.5, 0.6) is 0 Å². The second kappa shape index (κ2) is 4.59. The maximum Gasteiger partial charge on any atom is 0.404 e. The Kier molecular flexibility index (Phi) is 3.44. The van der Waals surface area contributed by atoms with Crippen molar-refractivity contribution in [1.82, 2.24) is 20.5 Å². The molecule has 0 fully saturated rings. The smallest absolute Gasteiger partial charge is 0.404 e. The van der Waals surface area contributed by atoms with Crippen LogP contribution in [0.2, 0.25) is 0 Å². The van der Waals surface area contributed by atoms with Gasteiger partial charge < -0.3 is 10.4 Å². The number of nitrogens with zero attached hydrogens (tertiary/aromatic N) is 2. The Labute approximate surface area is 81.7 Å². The van der Waals surface area contributed by atoms with Gasteiger partial charge in [0.1, 0.15) is 12.2 Å². The topological polar surface area (TPSA) is 90.9 Å². The molecule has 6 heteroatoms. The maximum atomic E-state index is 10.5. The monoisotopic (exact) mass is 198 g/mol. The van der Waals surface area contributed by atoms with Gasteiger partial charge in [0.2, 0.25) is 0 Å². The molecule has 6 nitrogen and oxygen atoms in total. The van der Waals surface area contributed by atoms with Crippen LogP contribution in [0.4, 0.5) is 4.79 Å². The van der Waals surface area contributed by atoms with Crippen LogP contribution < -0.4 is 5.32 Å². The summed E-state index contributed by atoms with van der Waals surface area (Å²) in [5.41, 5.74) is 0. The molecular weight excluding hydrogens is 184 g/mol. The molecule has 1 amide bonds. The van der Waals surface area contributed by atoms with Gasteiger partial charge in [0.25, 0.3) is 0 Å². The van der Waals surface area contributed by atoms with Crippen molar-refractivity contribution in [2.75, 3.05) is 0 Å². The summed E-state index contributed by atoms with van der Waals surface area (Å²) in [5, 5.41) is 17.5. The summed E-state index contributed by atoms with van der Waals surface area (Å²) in [5.74, 6) is 0.911. The summed E-state index contributed by atoms with van der Waals surface area (Å²) < 4.78 is 0. The molecule has 0 bridgehead atoms. The molecule has 0 aromatic carbocycles. The molecule has 3 N–H and O–H groups in total. The zero-order valence-electron chi connectivity index (χ0n) is 8.19. The van der Waals surface area contributed by atoms with Crippen LogP contribution in [0, 0.1) is 5.92 Å². The Morgan fingerprint density at radius 1 is 1.71 bits per heavy atom. The van der Waals surface area contributed by atoms with E-state index in [1.54, 1.807) is 0 Å². The summed E-state index contributed by atoms with van der Waals surface area (Å²) in [6.45, 7) is 3.91. The fourth-order valence-corrected chi connectivity index (χ4v) is 1.15. The van der Waals surface area contributed by atoms with E-state index in [0.29, 0.717) is 12.2 Å². The number of hydrogen-bond donors (Lipinski definition) is 3. The lowest BCUT2D eigenvalue weighted by Gasteiger charge is -2.19. The Balaban J connectivity index is 2.56. The highest BCUT2D eigenvalue weighted by atomic mass is 16.4. The highest BCUT2D eigenvalue weighted by molar-refractivity contribution is 5.64. The number of aromatic nitrogens is 3. The first-order valence-electron chi connectivity index (χ1n) is 4.43. The van der Waals surface area contributed by atoms with E-state index in [1.807, 2.05) is 13.8 Å². The fraction of sp³-hybridized carbons (Fsp3) is 0.625. The van der Waals surface area contributed by atoms with Crippen molar-refractivity contribution >= 4 is 6.09 Å². The molecule has 0 aliphatic heterocycles. The Hall–Kier alpha value is -1.59. The zero-order valence-corrected chi connectivity index (χ0v) is 8.19. The first kappa shape index (κ1) is 10.5. The van der Waals surface area contributed by atoms with E-state index in [9.17, 15) is 4.79 Å². The maximum absolute atomic E-state index is 10.5. The number of rotatable bonds is 4. The summed E-state index contributed by atoms with van der Waals surface area (Å²) in [6, 6.07) is -0.138. The number of carboxylic acid groups (broad SMARTS) is 1. The van der Waals surface area contributed by atoms with Crippen molar-refractivity contribution in [2.24, 2.45) is 5.92 Å². The predicted molar refractivity (Wildman–Crippen MR) is 49.9 cm³/mol. The fourth-order valence-electron chi connectivity index (χ4n) is 1.15. The first-order chi connectivity index (χ1) is 6.59. The highest BCUT2D eigenvalue weighted by Crippen LogP contribution is 2.06. The van der Waals surface area contributed by atoms with Crippen LogP contribution in [0.3, 0.4) is 0 Å². The molecule has 1 rings (SSSR count). The minimum atomic E-state index is -1.01. The average Bonchev–Trinajstić information content (AvgIpc) is 2.54. The summed E-state index contributed by atoms with van der Waals surface area (Å²) in [7, 11) is 0. The van der Waals surface area contributed by atoms with Crippen LogP contribution in [0.1, 0.15) is 19.7 Å². The van der Waals surface area contributed by atoms with Gasteiger partial charge in [-0.05, 0) is 5.92 Å². The average molecular weight is 198 g/mol. The standard InChI is InChI=1S/C8H14N4O2/c1-5(2)6(11-8(13)14)3-7-9-4-10-12-7/h4-6,11H,3H2,1-2H3,(H,13,14)(H,9,10,12)/t6-/m1/s1. The number of carbonyl (C=O) groups is 1. The number of nitrogens with one attached hydrogen (secondary N) is 2. The summed E-state index contributed by atoms with van der Waals surface area (Å²) in [4.78, 5) is 14.4. The summed E-state index contributed by atoms with van der Waals surface area (Å²) in [6.07, 6.45) is 0.931. The van der Waals surface area contributed by atoms with Crippen LogP contribution in [0.15, 0.2) is 6.33 Å². The molecular formula is C8H14N4O2. The van der Waals surface area contributed by atoms with Crippen LogP contribution in [0.25, 0.3) is 0 Å². The van der Waals surface area contributed by atoms with Gasteiger partial charge in [0.15, 0.2) is 0 Å². The number of H-pyrrole nitrogens is 1. The molecule has 1 atom stereocenters. The molecule has 0 radical (unpaired) electrons. The third-order valence-electron chi connectivity index (χ3n) is 1.99. The van der Waals surface area contributed by atoms with Crippen LogP contribution in [-0.4, -0.2) is 32.4 Å². The Morgan fingerprint density at radius 3 is 2.86 bits per heavy atom. The van der Waals surface area contributed by atoms with E-state index in [0.717, 1.165) is 0 Å².